The number of hydrogen-bond donors (Lipinski definition) is 1. The normalized spacial score (nSPS) is 12.8. The average Bonchev–Trinajstić information content (AvgIpc) is 2.84. The maximum atomic E-state index is 12.3. The standard InChI is InChI=1S/C18H13N3O3/c1-21-17(23)14-6-5-13(8-15(14)18(21)24)16(22)20-10-12-4-2-3-11(7-12)9-19/h2-8H,10H2,1H3,(H,20,22). The van der Waals surface area contributed by atoms with Crippen LogP contribution in [0.25, 0.3) is 0 Å². The van der Waals surface area contributed by atoms with Gasteiger partial charge in [0.1, 0.15) is 0 Å². The van der Waals surface area contributed by atoms with Gasteiger partial charge in [-0.1, -0.05) is 12.1 Å². The summed E-state index contributed by atoms with van der Waals surface area (Å²) in [4.78, 5) is 37.1. The number of hydrogen-bond acceptors (Lipinski definition) is 4. The minimum atomic E-state index is -0.411. The van der Waals surface area contributed by atoms with Gasteiger partial charge in [-0.15, -0.1) is 0 Å². The van der Waals surface area contributed by atoms with Crippen molar-refractivity contribution in [2.75, 3.05) is 7.05 Å². The first-order valence-electron chi connectivity index (χ1n) is 7.25. The summed E-state index contributed by atoms with van der Waals surface area (Å²) in [6.45, 7) is 0.262. The van der Waals surface area contributed by atoms with Gasteiger partial charge in [-0.25, -0.2) is 0 Å². The molecule has 0 bridgehead atoms. The predicted molar refractivity (Wildman–Crippen MR) is 85.2 cm³/mol. The zero-order valence-electron chi connectivity index (χ0n) is 12.9. The van der Waals surface area contributed by atoms with Crippen LogP contribution in [0.4, 0.5) is 0 Å². The van der Waals surface area contributed by atoms with Crippen LogP contribution in [0.15, 0.2) is 42.5 Å². The van der Waals surface area contributed by atoms with E-state index in [1.54, 1.807) is 24.3 Å². The van der Waals surface area contributed by atoms with Gasteiger partial charge < -0.3 is 5.32 Å². The SMILES string of the molecule is CN1C(=O)c2ccc(C(=O)NCc3cccc(C#N)c3)cc2C1=O. The van der Waals surface area contributed by atoms with Gasteiger partial charge in [0.05, 0.1) is 22.8 Å². The molecule has 6 nitrogen and oxygen atoms in total. The highest BCUT2D eigenvalue weighted by molar-refractivity contribution is 6.21. The van der Waals surface area contributed by atoms with Crippen LogP contribution in [0.3, 0.4) is 0 Å². The number of carbonyl (C=O) groups excluding carboxylic acids is 3. The van der Waals surface area contributed by atoms with Gasteiger partial charge in [0, 0.05) is 19.2 Å². The topological polar surface area (TPSA) is 90.3 Å². The van der Waals surface area contributed by atoms with E-state index in [-0.39, 0.29) is 23.9 Å². The van der Waals surface area contributed by atoms with E-state index in [1.807, 2.05) is 6.07 Å². The summed E-state index contributed by atoms with van der Waals surface area (Å²) in [5.74, 6) is -1.13. The summed E-state index contributed by atoms with van der Waals surface area (Å²) in [7, 11) is 1.41. The van der Waals surface area contributed by atoms with E-state index in [1.165, 1.54) is 25.2 Å². The number of imide groups is 1. The van der Waals surface area contributed by atoms with E-state index in [0.717, 1.165) is 10.5 Å². The molecule has 0 spiro atoms. The molecule has 1 N–H and O–H groups in total. The number of fused-ring (bicyclic) bond motifs is 1. The number of amides is 3. The molecule has 3 amide bonds. The van der Waals surface area contributed by atoms with E-state index in [2.05, 4.69) is 5.32 Å². The Hall–Kier alpha value is -3.46. The van der Waals surface area contributed by atoms with Crippen LogP contribution in [0, 0.1) is 11.3 Å². The van der Waals surface area contributed by atoms with Gasteiger partial charge in [0.25, 0.3) is 17.7 Å². The summed E-state index contributed by atoms with van der Waals surface area (Å²) in [6, 6.07) is 13.4. The molecule has 0 radical (unpaired) electrons. The molecular formula is C18H13N3O3. The molecule has 3 rings (SSSR count). The lowest BCUT2D eigenvalue weighted by atomic mass is 10.1. The number of nitrogens with zero attached hydrogens (tertiary/aromatic N) is 2. The first-order chi connectivity index (χ1) is 11.5. The second-order valence-electron chi connectivity index (χ2n) is 5.42. The molecule has 6 heteroatoms. The highest BCUT2D eigenvalue weighted by atomic mass is 16.2. The first kappa shape index (κ1) is 15.4. The fraction of sp³-hybridized carbons (Fsp3) is 0.111. The number of rotatable bonds is 3. The molecule has 1 aliphatic rings. The Morgan fingerprint density at radius 2 is 1.88 bits per heavy atom. The monoisotopic (exact) mass is 319 g/mol. The molecule has 0 saturated carbocycles. The Kier molecular flexibility index (Phi) is 3.84. The molecule has 0 atom stereocenters. The van der Waals surface area contributed by atoms with Crippen LogP contribution >= 0.6 is 0 Å². The predicted octanol–water partition coefficient (Wildman–Crippen LogP) is 1.71. The molecule has 0 unspecified atom stereocenters. The Balaban J connectivity index is 1.76. The lowest BCUT2D eigenvalue weighted by Gasteiger charge is -2.06. The molecule has 1 heterocycles. The maximum Gasteiger partial charge on any atom is 0.261 e. The molecule has 0 fully saturated rings. The second-order valence-corrected chi connectivity index (χ2v) is 5.42. The van der Waals surface area contributed by atoms with Crippen LogP contribution in [0.1, 0.15) is 42.2 Å². The summed E-state index contributed by atoms with van der Waals surface area (Å²) in [5.41, 5.74) is 2.17. The van der Waals surface area contributed by atoms with E-state index < -0.39 is 5.91 Å². The van der Waals surface area contributed by atoms with Crippen LogP contribution in [0.2, 0.25) is 0 Å². The zero-order chi connectivity index (χ0) is 17.3. The number of benzene rings is 2. The third-order valence-corrected chi connectivity index (χ3v) is 3.86. The second kappa shape index (κ2) is 5.97. The first-order valence-corrected chi connectivity index (χ1v) is 7.25. The Morgan fingerprint density at radius 3 is 2.62 bits per heavy atom. The summed E-state index contributed by atoms with van der Waals surface area (Å²) in [6.07, 6.45) is 0. The molecule has 0 saturated heterocycles. The van der Waals surface area contributed by atoms with E-state index in [9.17, 15) is 14.4 Å². The van der Waals surface area contributed by atoms with E-state index in [0.29, 0.717) is 16.7 Å². The van der Waals surface area contributed by atoms with Crippen molar-refractivity contribution in [3.63, 3.8) is 0 Å². The molecule has 24 heavy (non-hydrogen) atoms. The van der Waals surface area contributed by atoms with Crippen molar-refractivity contribution >= 4 is 17.7 Å². The van der Waals surface area contributed by atoms with Crippen molar-refractivity contribution < 1.29 is 14.4 Å². The van der Waals surface area contributed by atoms with Crippen molar-refractivity contribution in [3.8, 4) is 6.07 Å². The molecule has 118 valence electrons. The Labute approximate surface area is 138 Å². The lowest BCUT2D eigenvalue weighted by Crippen LogP contribution is -2.24. The van der Waals surface area contributed by atoms with Crippen LogP contribution in [-0.2, 0) is 6.54 Å². The quantitative estimate of drug-likeness (QED) is 0.872. The van der Waals surface area contributed by atoms with Gasteiger partial charge in [0.2, 0.25) is 0 Å². The third-order valence-electron chi connectivity index (χ3n) is 3.86. The highest BCUT2D eigenvalue weighted by Crippen LogP contribution is 2.22. The van der Waals surface area contributed by atoms with Crippen LogP contribution in [-0.4, -0.2) is 29.7 Å². The minimum absolute atomic E-state index is 0.238. The molecule has 0 aliphatic carbocycles. The van der Waals surface area contributed by atoms with Gasteiger partial charge in [-0.2, -0.15) is 5.26 Å². The van der Waals surface area contributed by atoms with Gasteiger partial charge in [-0.3, -0.25) is 19.3 Å². The number of nitrogens with one attached hydrogen (secondary N) is 1. The van der Waals surface area contributed by atoms with Crippen LogP contribution in [0.5, 0.6) is 0 Å². The van der Waals surface area contributed by atoms with Gasteiger partial charge in [-0.05, 0) is 35.9 Å². The average molecular weight is 319 g/mol. The van der Waals surface area contributed by atoms with Crippen molar-refractivity contribution in [1.29, 1.82) is 5.26 Å². The fourth-order valence-corrected chi connectivity index (χ4v) is 2.54. The van der Waals surface area contributed by atoms with Gasteiger partial charge >= 0.3 is 0 Å². The Morgan fingerprint density at radius 1 is 1.12 bits per heavy atom. The zero-order valence-corrected chi connectivity index (χ0v) is 12.9. The highest BCUT2D eigenvalue weighted by Gasteiger charge is 2.33. The Bertz CT molecular complexity index is 912. The molecule has 2 aromatic carbocycles. The third kappa shape index (κ3) is 2.63. The maximum absolute atomic E-state index is 12.3. The van der Waals surface area contributed by atoms with E-state index in [4.69, 9.17) is 5.26 Å². The molecular weight excluding hydrogens is 306 g/mol. The van der Waals surface area contributed by atoms with Crippen molar-refractivity contribution in [3.05, 3.63) is 70.3 Å². The van der Waals surface area contributed by atoms with E-state index >= 15 is 0 Å². The lowest BCUT2D eigenvalue weighted by molar-refractivity contribution is 0.0693. The number of nitriles is 1. The van der Waals surface area contributed by atoms with Crippen molar-refractivity contribution in [1.82, 2.24) is 10.2 Å². The molecule has 0 aromatic heterocycles. The summed E-state index contributed by atoms with van der Waals surface area (Å²) in [5, 5.41) is 11.6. The number of carbonyl (C=O) groups is 3. The van der Waals surface area contributed by atoms with Crippen molar-refractivity contribution in [2.24, 2.45) is 0 Å². The smallest absolute Gasteiger partial charge is 0.261 e. The summed E-state index contributed by atoms with van der Waals surface area (Å²) < 4.78 is 0. The van der Waals surface area contributed by atoms with Crippen molar-refractivity contribution in [2.45, 2.75) is 6.54 Å². The molecule has 2 aromatic rings. The minimum Gasteiger partial charge on any atom is -0.348 e. The van der Waals surface area contributed by atoms with Gasteiger partial charge in [0.15, 0.2) is 0 Å². The largest absolute Gasteiger partial charge is 0.348 e. The summed E-state index contributed by atoms with van der Waals surface area (Å²) >= 11 is 0. The molecule has 1 aliphatic heterocycles. The van der Waals surface area contributed by atoms with Crippen LogP contribution < -0.4 is 5.32 Å². The fourth-order valence-electron chi connectivity index (χ4n) is 2.54.